The van der Waals surface area contributed by atoms with E-state index in [0.29, 0.717) is 54.2 Å². The Kier molecular flexibility index (Phi) is 7.05. The Balaban J connectivity index is 1.19. The molecule has 0 spiro atoms. The SMILES string of the molecule is O=C(Nc1cccc(F)c1)N1CCN(C(=O)c2ccc(Nc3ccnc4cc(C(F)(F)F)ccc34)cc2)CC1. The molecule has 0 unspecified atom stereocenters. The van der Waals surface area contributed by atoms with Gasteiger partial charge in [-0.3, -0.25) is 9.78 Å². The number of hydrogen-bond acceptors (Lipinski definition) is 4. The van der Waals surface area contributed by atoms with Crippen molar-refractivity contribution < 1.29 is 27.2 Å². The number of pyridine rings is 1. The van der Waals surface area contributed by atoms with Crippen LogP contribution < -0.4 is 10.6 Å². The van der Waals surface area contributed by atoms with Gasteiger partial charge < -0.3 is 20.4 Å². The molecule has 1 aliphatic heterocycles. The fraction of sp³-hybridized carbons (Fsp3) is 0.179. The maximum atomic E-state index is 13.4. The number of halogens is 4. The van der Waals surface area contributed by atoms with E-state index in [2.05, 4.69) is 15.6 Å². The summed E-state index contributed by atoms with van der Waals surface area (Å²) < 4.78 is 52.5. The van der Waals surface area contributed by atoms with Gasteiger partial charge in [-0.2, -0.15) is 13.2 Å². The number of piperazine rings is 1. The monoisotopic (exact) mass is 537 g/mol. The van der Waals surface area contributed by atoms with Crippen molar-refractivity contribution in [3.05, 3.63) is 95.9 Å². The van der Waals surface area contributed by atoms with Crippen LogP contribution in [0.4, 0.5) is 39.4 Å². The third kappa shape index (κ3) is 5.92. The fourth-order valence-electron chi connectivity index (χ4n) is 4.35. The number of alkyl halides is 3. The van der Waals surface area contributed by atoms with Gasteiger partial charge >= 0.3 is 12.2 Å². The predicted molar refractivity (Wildman–Crippen MR) is 139 cm³/mol. The molecule has 4 aromatic rings. The Hall–Kier alpha value is -4.67. The van der Waals surface area contributed by atoms with Gasteiger partial charge in [0.05, 0.1) is 11.1 Å². The van der Waals surface area contributed by atoms with Gasteiger partial charge in [0, 0.05) is 60.4 Å². The van der Waals surface area contributed by atoms with Gasteiger partial charge in [-0.05, 0) is 60.7 Å². The minimum Gasteiger partial charge on any atom is -0.355 e. The summed E-state index contributed by atoms with van der Waals surface area (Å²) in [7, 11) is 0. The molecule has 1 saturated heterocycles. The van der Waals surface area contributed by atoms with Crippen molar-refractivity contribution in [3.8, 4) is 0 Å². The number of urea groups is 1. The van der Waals surface area contributed by atoms with E-state index in [1.165, 1.54) is 30.5 Å². The number of nitrogens with zero attached hydrogens (tertiary/aromatic N) is 3. The minimum absolute atomic E-state index is 0.180. The van der Waals surface area contributed by atoms with E-state index >= 15 is 0 Å². The summed E-state index contributed by atoms with van der Waals surface area (Å²) in [6.45, 7) is 1.35. The fourth-order valence-corrected chi connectivity index (χ4v) is 4.35. The van der Waals surface area contributed by atoms with Crippen molar-refractivity contribution in [1.82, 2.24) is 14.8 Å². The van der Waals surface area contributed by atoms with Crippen molar-refractivity contribution in [2.75, 3.05) is 36.8 Å². The molecule has 5 rings (SSSR count). The van der Waals surface area contributed by atoms with Crippen LogP contribution in [0.1, 0.15) is 15.9 Å². The van der Waals surface area contributed by atoms with Crippen LogP contribution in [0.3, 0.4) is 0 Å². The average Bonchev–Trinajstić information content (AvgIpc) is 2.92. The van der Waals surface area contributed by atoms with E-state index in [9.17, 15) is 27.2 Å². The third-order valence-corrected chi connectivity index (χ3v) is 6.41. The third-order valence-electron chi connectivity index (χ3n) is 6.41. The van der Waals surface area contributed by atoms with Crippen molar-refractivity contribution in [1.29, 1.82) is 0 Å². The van der Waals surface area contributed by atoms with Crippen LogP contribution in [0.25, 0.3) is 10.9 Å². The number of carbonyl (C=O) groups excluding carboxylic acids is 2. The van der Waals surface area contributed by atoms with Gasteiger partial charge in [0.25, 0.3) is 5.91 Å². The highest BCUT2D eigenvalue weighted by atomic mass is 19.4. The lowest BCUT2D eigenvalue weighted by Crippen LogP contribution is -2.51. The van der Waals surface area contributed by atoms with E-state index in [-0.39, 0.29) is 17.5 Å². The number of nitrogens with one attached hydrogen (secondary N) is 2. The molecule has 1 aromatic heterocycles. The summed E-state index contributed by atoms with van der Waals surface area (Å²) >= 11 is 0. The highest BCUT2D eigenvalue weighted by molar-refractivity contribution is 5.96. The minimum atomic E-state index is -4.45. The smallest absolute Gasteiger partial charge is 0.355 e. The molecule has 0 saturated carbocycles. The highest BCUT2D eigenvalue weighted by Crippen LogP contribution is 2.33. The summed E-state index contributed by atoms with van der Waals surface area (Å²) in [5.41, 5.74) is 1.50. The first kappa shape index (κ1) is 26.0. The number of hydrogen-bond donors (Lipinski definition) is 2. The molecule has 2 N–H and O–H groups in total. The summed E-state index contributed by atoms with van der Waals surface area (Å²) in [6.07, 6.45) is -3.02. The molecule has 3 amide bonds. The normalized spacial score (nSPS) is 13.8. The lowest BCUT2D eigenvalue weighted by molar-refractivity contribution is -0.137. The molecule has 0 radical (unpaired) electrons. The lowest BCUT2D eigenvalue weighted by atomic mass is 10.1. The van der Waals surface area contributed by atoms with Gasteiger partial charge in [-0.15, -0.1) is 0 Å². The Morgan fingerprint density at radius 3 is 2.23 bits per heavy atom. The molecule has 1 fully saturated rings. The lowest BCUT2D eigenvalue weighted by Gasteiger charge is -2.34. The van der Waals surface area contributed by atoms with Gasteiger partial charge in [0.2, 0.25) is 0 Å². The van der Waals surface area contributed by atoms with Crippen LogP contribution in [0.2, 0.25) is 0 Å². The zero-order valence-electron chi connectivity index (χ0n) is 20.5. The predicted octanol–water partition coefficient (Wildman–Crippen LogP) is 6.13. The molecule has 39 heavy (non-hydrogen) atoms. The number of anilines is 3. The number of amides is 3. The zero-order valence-corrected chi connectivity index (χ0v) is 20.5. The zero-order chi connectivity index (χ0) is 27.6. The highest BCUT2D eigenvalue weighted by Gasteiger charge is 2.30. The van der Waals surface area contributed by atoms with Crippen LogP contribution >= 0.6 is 0 Å². The molecule has 0 atom stereocenters. The van der Waals surface area contributed by atoms with Gasteiger partial charge in [-0.1, -0.05) is 12.1 Å². The summed E-state index contributed by atoms with van der Waals surface area (Å²) in [5, 5.41) is 6.36. The standard InChI is InChI=1S/C28H23F4N5O2/c29-20-2-1-3-22(17-20)35-27(39)37-14-12-36(13-15-37)26(38)18-4-7-21(8-5-18)34-24-10-11-33-25-16-19(28(30,31)32)6-9-23(24)25/h1-11,16-17H,12-15H2,(H,33,34)(H,35,39). The Labute approximate surface area is 221 Å². The van der Waals surface area contributed by atoms with Gasteiger partial charge in [-0.25, -0.2) is 9.18 Å². The maximum absolute atomic E-state index is 13.4. The molecule has 0 aliphatic carbocycles. The summed E-state index contributed by atoms with van der Waals surface area (Å²) in [6, 6.07) is 17.1. The summed E-state index contributed by atoms with van der Waals surface area (Å²) in [4.78, 5) is 32.8. The van der Waals surface area contributed by atoms with Crippen LogP contribution in [-0.4, -0.2) is 52.9 Å². The van der Waals surface area contributed by atoms with Crippen molar-refractivity contribution in [3.63, 3.8) is 0 Å². The van der Waals surface area contributed by atoms with Crippen molar-refractivity contribution in [2.24, 2.45) is 0 Å². The molecule has 3 aromatic carbocycles. The molecule has 11 heteroatoms. The quantitative estimate of drug-likeness (QED) is 0.307. The number of rotatable bonds is 4. The molecule has 200 valence electrons. The second-order valence-corrected chi connectivity index (χ2v) is 9.01. The molecule has 7 nitrogen and oxygen atoms in total. The second-order valence-electron chi connectivity index (χ2n) is 9.01. The summed E-state index contributed by atoms with van der Waals surface area (Å²) in [5.74, 6) is -0.626. The maximum Gasteiger partial charge on any atom is 0.416 e. The largest absolute Gasteiger partial charge is 0.416 e. The molecule has 0 bridgehead atoms. The average molecular weight is 538 g/mol. The van der Waals surface area contributed by atoms with E-state index in [1.807, 2.05) is 0 Å². The van der Waals surface area contributed by atoms with Crippen LogP contribution in [0.5, 0.6) is 0 Å². The van der Waals surface area contributed by atoms with Crippen LogP contribution in [0, 0.1) is 5.82 Å². The first-order valence-electron chi connectivity index (χ1n) is 12.1. The van der Waals surface area contributed by atoms with E-state index in [4.69, 9.17) is 0 Å². The second kappa shape index (κ2) is 10.6. The Morgan fingerprint density at radius 2 is 1.54 bits per heavy atom. The topological polar surface area (TPSA) is 77.6 Å². The number of fused-ring (bicyclic) bond motifs is 1. The number of aromatic nitrogens is 1. The van der Waals surface area contributed by atoms with E-state index < -0.39 is 17.6 Å². The molecule has 2 heterocycles. The first-order chi connectivity index (χ1) is 18.7. The molecular weight excluding hydrogens is 514 g/mol. The van der Waals surface area contributed by atoms with Crippen LogP contribution in [-0.2, 0) is 6.18 Å². The molecule has 1 aliphatic rings. The number of benzene rings is 3. The molecular formula is C28H23F4N5O2. The van der Waals surface area contributed by atoms with Crippen LogP contribution in [0.15, 0.2) is 79.0 Å². The van der Waals surface area contributed by atoms with Crippen molar-refractivity contribution in [2.45, 2.75) is 6.18 Å². The van der Waals surface area contributed by atoms with Crippen molar-refractivity contribution >= 4 is 39.9 Å². The Bertz CT molecular complexity index is 1520. The first-order valence-corrected chi connectivity index (χ1v) is 12.1. The van der Waals surface area contributed by atoms with Gasteiger partial charge in [0.1, 0.15) is 5.82 Å². The number of carbonyl (C=O) groups is 2. The Morgan fingerprint density at radius 1 is 0.821 bits per heavy atom. The van der Waals surface area contributed by atoms with E-state index in [1.54, 1.807) is 46.2 Å². The van der Waals surface area contributed by atoms with Gasteiger partial charge in [0.15, 0.2) is 0 Å². The van der Waals surface area contributed by atoms with E-state index in [0.717, 1.165) is 12.1 Å².